The Morgan fingerprint density at radius 3 is 1.35 bits per heavy atom. The number of halogens is 12. The highest BCUT2D eigenvalue weighted by Crippen LogP contribution is 2.61. The van der Waals surface area contributed by atoms with Crippen molar-refractivity contribution in [2.24, 2.45) is 5.92 Å². The maximum absolute atomic E-state index is 14.9. The number of hydrogen-bond acceptors (Lipinski definition) is 0. The summed E-state index contributed by atoms with van der Waals surface area (Å²) < 4.78 is 146. The highest BCUT2D eigenvalue weighted by Gasteiger charge is 2.88. The van der Waals surface area contributed by atoms with Crippen LogP contribution in [-0.2, 0) is 0 Å². The summed E-state index contributed by atoms with van der Waals surface area (Å²) in [7, 11) is 0. The molecule has 188 valence electrons. The van der Waals surface area contributed by atoms with Crippen LogP contribution >= 0.6 is 22.6 Å². The molecule has 0 rings (SSSR count). The van der Waals surface area contributed by atoms with Gasteiger partial charge in [-0.2, -0.15) is 43.9 Å². The Kier molecular flexibility index (Phi) is 11.9. The van der Waals surface area contributed by atoms with E-state index in [2.05, 4.69) is 0 Å². The first-order valence-corrected chi connectivity index (χ1v) is 11.4. The average molecular weight is 592 g/mol. The van der Waals surface area contributed by atoms with Gasteiger partial charge in [0.05, 0.1) is 0 Å². The highest BCUT2D eigenvalue weighted by atomic mass is 127. The maximum atomic E-state index is 14.9. The van der Waals surface area contributed by atoms with E-state index in [-0.39, 0.29) is 12.8 Å². The monoisotopic (exact) mass is 592 g/mol. The van der Waals surface area contributed by atoms with Gasteiger partial charge in [-0.3, -0.25) is 0 Å². The van der Waals surface area contributed by atoms with Crippen molar-refractivity contribution in [2.45, 2.75) is 112 Å². The van der Waals surface area contributed by atoms with Crippen molar-refractivity contribution in [3.05, 3.63) is 0 Å². The van der Waals surface area contributed by atoms with Gasteiger partial charge in [-0.05, 0) is 12.8 Å². The molecule has 0 fully saturated rings. The van der Waals surface area contributed by atoms with Crippen LogP contribution in [0.15, 0.2) is 0 Å². The predicted molar refractivity (Wildman–Crippen MR) is 105 cm³/mol. The fourth-order valence-corrected chi connectivity index (χ4v) is 4.93. The Balaban J connectivity index is 5.51. The summed E-state index contributed by atoms with van der Waals surface area (Å²) in [6, 6.07) is 0. The second-order valence-electron chi connectivity index (χ2n) is 7.65. The Morgan fingerprint density at radius 2 is 1.00 bits per heavy atom. The topological polar surface area (TPSA) is 0 Å². The van der Waals surface area contributed by atoms with Crippen LogP contribution < -0.4 is 0 Å². The Labute approximate surface area is 188 Å². The molecule has 0 aliphatic heterocycles. The molecule has 0 nitrogen and oxygen atoms in total. The summed E-state index contributed by atoms with van der Waals surface area (Å²) in [5, 5.41) is 0. The normalized spacial score (nSPS) is 18.0. The summed E-state index contributed by atoms with van der Waals surface area (Å²) in [4.78, 5) is 0. The smallest absolute Gasteiger partial charge is 0.226 e. The molecule has 0 aromatic rings. The molecular formula is C19H28F11I. The van der Waals surface area contributed by atoms with Crippen LogP contribution in [0.5, 0.6) is 0 Å². The molecule has 12 heteroatoms. The molecule has 31 heavy (non-hydrogen) atoms. The van der Waals surface area contributed by atoms with Gasteiger partial charge in [-0.1, -0.05) is 87.8 Å². The van der Waals surface area contributed by atoms with Gasteiger partial charge in [0.1, 0.15) is 0 Å². The second-order valence-corrected chi connectivity index (χ2v) is 9.25. The van der Waals surface area contributed by atoms with E-state index < -0.39 is 46.1 Å². The third kappa shape index (κ3) is 6.97. The van der Waals surface area contributed by atoms with Crippen molar-refractivity contribution < 1.29 is 48.3 Å². The summed E-state index contributed by atoms with van der Waals surface area (Å²) >= 11 is 1.24. The third-order valence-corrected chi connectivity index (χ3v) is 6.83. The minimum atomic E-state index is -7.20. The number of rotatable bonds is 14. The van der Waals surface area contributed by atoms with E-state index in [0.29, 0.717) is 12.8 Å². The van der Waals surface area contributed by atoms with Crippen molar-refractivity contribution in [2.75, 3.05) is 0 Å². The Morgan fingerprint density at radius 1 is 0.581 bits per heavy atom. The zero-order valence-electron chi connectivity index (χ0n) is 17.3. The molecule has 0 aliphatic rings. The van der Waals surface area contributed by atoms with Gasteiger partial charge in [-0.25, -0.2) is 4.39 Å². The fourth-order valence-electron chi connectivity index (χ4n) is 3.49. The van der Waals surface area contributed by atoms with Gasteiger partial charge in [-0.15, -0.1) is 0 Å². The molecule has 3 atom stereocenters. The lowest BCUT2D eigenvalue weighted by atomic mass is 9.75. The van der Waals surface area contributed by atoms with Crippen LogP contribution in [0.25, 0.3) is 0 Å². The largest absolute Gasteiger partial charge is 0.460 e. The van der Waals surface area contributed by atoms with Crippen molar-refractivity contribution in [3.8, 4) is 0 Å². The van der Waals surface area contributed by atoms with E-state index in [1.54, 1.807) is 0 Å². The van der Waals surface area contributed by atoms with E-state index >= 15 is 0 Å². The second kappa shape index (κ2) is 11.9. The molecule has 0 spiro atoms. The number of alkyl halides is 12. The zero-order valence-corrected chi connectivity index (χ0v) is 19.4. The zero-order chi connectivity index (χ0) is 24.7. The lowest BCUT2D eigenvalue weighted by Gasteiger charge is -2.44. The summed E-state index contributed by atoms with van der Waals surface area (Å²) in [5.74, 6) is -17.0. The van der Waals surface area contributed by atoms with Crippen LogP contribution in [0.4, 0.5) is 48.3 Å². The first kappa shape index (κ1) is 31.0. The van der Waals surface area contributed by atoms with Gasteiger partial charge in [0.2, 0.25) is 0 Å². The van der Waals surface area contributed by atoms with E-state index in [4.69, 9.17) is 0 Å². The van der Waals surface area contributed by atoms with Crippen LogP contribution in [0.2, 0.25) is 0 Å². The van der Waals surface area contributed by atoms with Crippen LogP contribution in [0.3, 0.4) is 0 Å². The van der Waals surface area contributed by atoms with Crippen molar-refractivity contribution in [1.82, 2.24) is 0 Å². The van der Waals surface area contributed by atoms with E-state index in [1.807, 2.05) is 6.92 Å². The molecule has 0 amide bonds. The highest BCUT2D eigenvalue weighted by molar-refractivity contribution is 14.1. The van der Waals surface area contributed by atoms with Gasteiger partial charge in [0, 0.05) is 9.84 Å². The van der Waals surface area contributed by atoms with Crippen LogP contribution in [0, 0.1) is 5.92 Å². The Bertz CT molecular complexity index is 516. The molecule has 0 bridgehead atoms. The lowest BCUT2D eigenvalue weighted by molar-refractivity contribution is -0.419. The van der Waals surface area contributed by atoms with Gasteiger partial charge in [0.15, 0.2) is 0 Å². The third-order valence-electron chi connectivity index (χ3n) is 5.34. The predicted octanol–water partition coefficient (Wildman–Crippen LogP) is 9.45. The molecule has 0 aliphatic carbocycles. The Hall–Kier alpha value is -0.0400. The standard InChI is InChI=1S/C19H28F11I/c1-3-5-6-7-8-9-10-11-12-14(31)13(4-2)15(20,18(25,26)27)16(21,22)17(23,24)19(28,29)30/h13-14H,3-12H2,1-2H3. The molecule has 0 aromatic carbocycles. The number of hydrogen-bond donors (Lipinski definition) is 0. The SMILES string of the molecule is CCCCCCCCCCC(I)C(CC)C(F)(C(F)(F)F)C(F)(F)C(F)(F)C(F)(F)F. The molecule has 0 saturated carbocycles. The fraction of sp³-hybridized carbons (Fsp3) is 1.00. The van der Waals surface area contributed by atoms with Crippen molar-refractivity contribution in [1.29, 1.82) is 0 Å². The molecular weight excluding hydrogens is 564 g/mol. The summed E-state index contributed by atoms with van der Waals surface area (Å²) in [6.45, 7) is 2.89. The maximum Gasteiger partial charge on any atom is 0.460 e. The summed E-state index contributed by atoms with van der Waals surface area (Å²) in [6.07, 6.45) is -8.60. The van der Waals surface area contributed by atoms with Crippen molar-refractivity contribution >= 4 is 22.6 Å². The quantitative estimate of drug-likeness (QED) is 0.0816. The minimum Gasteiger partial charge on any atom is -0.226 e. The molecule has 0 heterocycles. The van der Waals surface area contributed by atoms with Crippen LogP contribution in [0.1, 0.15) is 78.1 Å². The molecule has 0 saturated heterocycles. The van der Waals surface area contributed by atoms with E-state index in [9.17, 15) is 48.3 Å². The molecule has 0 aromatic heterocycles. The van der Waals surface area contributed by atoms with Gasteiger partial charge < -0.3 is 0 Å². The van der Waals surface area contributed by atoms with Gasteiger partial charge >= 0.3 is 24.2 Å². The van der Waals surface area contributed by atoms with E-state index in [1.165, 1.54) is 22.6 Å². The first-order valence-electron chi connectivity index (χ1n) is 10.1. The van der Waals surface area contributed by atoms with Crippen LogP contribution in [-0.4, -0.2) is 33.8 Å². The van der Waals surface area contributed by atoms with E-state index in [0.717, 1.165) is 39.0 Å². The molecule has 0 radical (unpaired) electrons. The first-order chi connectivity index (χ1) is 13.9. The molecule has 0 N–H and O–H groups in total. The average Bonchev–Trinajstić information content (AvgIpc) is 2.62. The molecule has 3 unspecified atom stereocenters. The minimum absolute atomic E-state index is 0.215. The lowest BCUT2D eigenvalue weighted by Crippen LogP contribution is -2.71. The summed E-state index contributed by atoms with van der Waals surface area (Å²) in [5.41, 5.74) is -6.06. The van der Waals surface area contributed by atoms with Crippen molar-refractivity contribution in [3.63, 3.8) is 0 Å². The van der Waals surface area contributed by atoms with Gasteiger partial charge in [0.25, 0.3) is 5.67 Å². The number of unbranched alkanes of at least 4 members (excludes halogenated alkanes) is 7.